The molecule has 0 bridgehead atoms. The molecule has 2 rings (SSSR count). The van der Waals surface area contributed by atoms with Crippen LogP contribution in [0.2, 0.25) is 0 Å². The number of carbonyl (C=O) groups is 1. The van der Waals surface area contributed by atoms with Gasteiger partial charge in [0, 0.05) is 0 Å². The maximum absolute atomic E-state index is 10.7. The fraction of sp³-hybridized carbons (Fsp3) is 0.182. The Morgan fingerprint density at radius 2 is 2.12 bits per heavy atom. The standard InChI is InChI=1S/C11H11N3O2/c1-16-11-4-2-9(3-5-11)7-14-10(8-15)6-12-13-14/h2-6,8H,7H2,1H3. The summed E-state index contributed by atoms with van der Waals surface area (Å²) in [6, 6.07) is 7.59. The van der Waals surface area contributed by atoms with Crippen molar-refractivity contribution in [3.05, 3.63) is 41.7 Å². The molecule has 2 aromatic rings. The third-order valence-corrected chi connectivity index (χ3v) is 2.26. The van der Waals surface area contributed by atoms with Crippen molar-refractivity contribution >= 4 is 6.29 Å². The Bertz CT molecular complexity index is 476. The van der Waals surface area contributed by atoms with Crippen LogP contribution in [-0.4, -0.2) is 28.4 Å². The van der Waals surface area contributed by atoms with Crippen molar-refractivity contribution in [2.45, 2.75) is 6.54 Å². The summed E-state index contributed by atoms with van der Waals surface area (Å²) in [4.78, 5) is 10.7. The second-order valence-corrected chi connectivity index (χ2v) is 3.28. The van der Waals surface area contributed by atoms with Gasteiger partial charge in [-0.2, -0.15) is 0 Å². The van der Waals surface area contributed by atoms with Crippen molar-refractivity contribution in [3.8, 4) is 5.75 Å². The first kappa shape index (κ1) is 10.4. The quantitative estimate of drug-likeness (QED) is 0.721. The molecular formula is C11H11N3O2. The Morgan fingerprint density at radius 3 is 2.75 bits per heavy atom. The first-order valence-electron chi connectivity index (χ1n) is 4.80. The normalized spacial score (nSPS) is 10.1. The van der Waals surface area contributed by atoms with Crippen molar-refractivity contribution in [3.63, 3.8) is 0 Å². The maximum atomic E-state index is 10.7. The summed E-state index contributed by atoms with van der Waals surface area (Å²) in [5, 5.41) is 7.51. The molecule has 0 spiro atoms. The van der Waals surface area contributed by atoms with Gasteiger partial charge in [0.05, 0.1) is 19.9 Å². The minimum Gasteiger partial charge on any atom is -0.497 e. The summed E-state index contributed by atoms with van der Waals surface area (Å²) >= 11 is 0. The van der Waals surface area contributed by atoms with Gasteiger partial charge in [0.2, 0.25) is 0 Å². The SMILES string of the molecule is COc1ccc(Cn2nncc2C=O)cc1. The first-order chi connectivity index (χ1) is 7.83. The largest absolute Gasteiger partial charge is 0.497 e. The Hall–Kier alpha value is -2.17. The second-order valence-electron chi connectivity index (χ2n) is 3.28. The number of hydrogen-bond donors (Lipinski definition) is 0. The van der Waals surface area contributed by atoms with E-state index in [1.54, 1.807) is 11.8 Å². The van der Waals surface area contributed by atoms with Gasteiger partial charge in [-0.1, -0.05) is 17.3 Å². The molecule has 16 heavy (non-hydrogen) atoms. The van der Waals surface area contributed by atoms with Crippen LogP contribution in [0.1, 0.15) is 16.1 Å². The topological polar surface area (TPSA) is 57.0 Å². The highest BCUT2D eigenvalue weighted by molar-refractivity contribution is 5.71. The van der Waals surface area contributed by atoms with Crippen LogP contribution in [0.15, 0.2) is 30.5 Å². The van der Waals surface area contributed by atoms with Crippen LogP contribution in [0, 0.1) is 0 Å². The molecule has 0 saturated carbocycles. The molecule has 0 aliphatic rings. The van der Waals surface area contributed by atoms with E-state index in [0.29, 0.717) is 12.2 Å². The summed E-state index contributed by atoms with van der Waals surface area (Å²) in [6.07, 6.45) is 2.18. The Labute approximate surface area is 92.7 Å². The Morgan fingerprint density at radius 1 is 1.38 bits per heavy atom. The van der Waals surface area contributed by atoms with Crippen LogP contribution in [0.3, 0.4) is 0 Å². The van der Waals surface area contributed by atoms with Gasteiger partial charge in [-0.3, -0.25) is 4.79 Å². The number of carbonyl (C=O) groups excluding carboxylic acids is 1. The first-order valence-corrected chi connectivity index (χ1v) is 4.80. The van der Waals surface area contributed by atoms with Crippen molar-refractivity contribution in [2.75, 3.05) is 7.11 Å². The van der Waals surface area contributed by atoms with Crippen molar-refractivity contribution in [1.29, 1.82) is 0 Å². The average Bonchev–Trinajstić information content (AvgIpc) is 2.77. The molecule has 0 atom stereocenters. The van der Waals surface area contributed by atoms with Gasteiger partial charge < -0.3 is 4.74 Å². The summed E-state index contributed by atoms with van der Waals surface area (Å²) < 4.78 is 6.61. The molecule has 0 amide bonds. The zero-order valence-corrected chi connectivity index (χ0v) is 8.83. The van der Waals surface area contributed by atoms with Gasteiger partial charge in [-0.25, -0.2) is 4.68 Å². The molecule has 0 aliphatic carbocycles. The lowest BCUT2D eigenvalue weighted by Crippen LogP contribution is -2.05. The van der Waals surface area contributed by atoms with Crippen molar-refractivity contribution in [2.24, 2.45) is 0 Å². The molecule has 1 aromatic carbocycles. The van der Waals surface area contributed by atoms with Gasteiger partial charge in [0.15, 0.2) is 6.29 Å². The van der Waals surface area contributed by atoms with E-state index >= 15 is 0 Å². The molecule has 82 valence electrons. The number of benzene rings is 1. The number of aldehydes is 1. The van der Waals surface area contributed by atoms with Crippen LogP contribution in [0.5, 0.6) is 5.75 Å². The summed E-state index contributed by atoms with van der Waals surface area (Å²) in [5.74, 6) is 0.804. The summed E-state index contributed by atoms with van der Waals surface area (Å²) in [5.41, 5.74) is 1.50. The summed E-state index contributed by atoms with van der Waals surface area (Å²) in [6.45, 7) is 0.526. The minimum atomic E-state index is 0.468. The molecule has 0 aliphatic heterocycles. The predicted molar refractivity (Wildman–Crippen MR) is 57.5 cm³/mol. The summed E-state index contributed by atoms with van der Waals surface area (Å²) in [7, 11) is 1.62. The molecule has 5 heteroatoms. The average molecular weight is 217 g/mol. The van der Waals surface area contributed by atoms with E-state index in [0.717, 1.165) is 17.6 Å². The van der Waals surface area contributed by atoms with Crippen LogP contribution in [0.4, 0.5) is 0 Å². The highest BCUT2D eigenvalue weighted by atomic mass is 16.5. The number of rotatable bonds is 4. The van der Waals surface area contributed by atoms with E-state index in [9.17, 15) is 4.79 Å². The zero-order chi connectivity index (χ0) is 11.4. The number of nitrogens with zero attached hydrogens (tertiary/aromatic N) is 3. The second kappa shape index (κ2) is 4.57. The number of methoxy groups -OCH3 is 1. The lowest BCUT2D eigenvalue weighted by Gasteiger charge is -2.04. The molecule has 0 radical (unpaired) electrons. The minimum absolute atomic E-state index is 0.468. The van der Waals surface area contributed by atoms with E-state index in [-0.39, 0.29) is 0 Å². The fourth-order valence-corrected chi connectivity index (χ4v) is 1.38. The van der Waals surface area contributed by atoms with E-state index in [1.807, 2.05) is 24.3 Å². The number of aromatic nitrogens is 3. The van der Waals surface area contributed by atoms with Gasteiger partial charge in [0.1, 0.15) is 11.4 Å². The molecule has 0 saturated heterocycles. The van der Waals surface area contributed by atoms with E-state index in [1.165, 1.54) is 6.20 Å². The van der Waals surface area contributed by atoms with Crippen molar-refractivity contribution < 1.29 is 9.53 Å². The van der Waals surface area contributed by atoms with Crippen LogP contribution in [0.25, 0.3) is 0 Å². The molecule has 0 N–H and O–H groups in total. The van der Waals surface area contributed by atoms with Gasteiger partial charge in [0.25, 0.3) is 0 Å². The Kier molecular flexibility index (Phi) is 2.95. The molecule has 1 aromatic heterocycles. The fourth-order valence-electron chi connectivity index (χ4n) is 1.38. The monoisotopic (exact) mass is 217 g/mol. The van der Waals surface area contributed by atoms with Crippen LogP contribution in [-0.2, 0) is 6.54 Å². The lowest BCUT2D eigenvalue weighted by molar-refractivity contribution is 0.111. The number of hydrogen-bond acceptors (Lipinski definition) is 4. The van der Waals surface area contributed by atoms with Crippen LogP contribution < -0.4 is 4.74 Å². The highest BCUT2D eigenvalue weighted by Gasteiger charge is 2.03. The smallest absolute Gasteiger partial charge is 0.169 e. The third kappa shape index (κ3) is 2.08. The molecule has 1 heterocycles. The third-order valence-electron chi connectivity index (χ3n) is 2.26. The lowest BCUT2D eigenvalue weighted by atomic mass is 10.2. The van der Waals surface area contributed by atoms with Crippen molar-refractivity contribution in [1.82, 2.24) is 15.0 Å². The predicted octanol–water partition coefficient (Wildman–Crippen LogP) is 1.15. The molecule has 0 fully saturated rings. The van der Waals surface area contributed by atoms with E-state index in [4.69, 9.17) is 4.74 Å². The van der Waals surface area contributed by atoms with Crippen LogP contribution >= 0.6 is 0 Å². The van der Waals surface area contributed by atoms with Gasteiger partial charge in [-0.05, 0) is 17.7 Å². The molecule has 5 nitrogen and oxygen atoms in total. The Balaban J connectivity index is 2.17. The maximum Gasteiger partial charge on any atom is 0.169 e. The van der Waals surface area contributed by atoms with E-state index in [2.05, 4.69) is 10.3 Å². The molecular weight excluding hydrogens is 206 g/mol. The van der Waals surface area contributed by atoms with Gasteiger partial charge in [-0.15, -0.1) is 5.10 Å². The van der Waals surface area contributed by atoms with E-state index < -0.39 is 0 Å². The number of ether oxygens (including phenoxy) is 1. The molecule has 0 unspecified atom stereocenters. The highest BCUT2D eigenvalue weighted by Crippen LogP contribution is 2.12. The van der Waals surface area contributed by atoms with Gasteiger partial charge >= 0.3 is 0 Å². The zero-order valence-electron chi connectivity index (χ0n) is 8.83.